The molecule has 2 amide bonds. The largest absolute Gasteiger partial charge is 0.353 e. The summed E-state index contributed by atoms with van der Waals surface area (Å²) in [5.41, 5.74) is 5.61. The monoisotopic (exact) mass is 227 g/mol. The van der Waals surface area contributed by atoms with Gasteiger partial charge in [-0.3, -0.25) is 9.59 Å². The maximum absolute atomic E-state index is 11.9. The third kappa shape index (κ3) is 2.95. The summed E-state index contributed by atoms with van der Waals surface area (Å²) in [7, 11) is 0. The Balaban J connectivity index is 2.75. The van der Waals surface area contributed by atoms with Crippen molar-refractivity contribution in [2.75, 3.05) is 13.1 Å². The molecule has 2 atom stereocenters. The van der Waals surface area contributed by atoms with Crippen molar-refractivity contribution in [3.63, 3.8) is 0 Å². The molecule has 92 valence electrons. The molecule has 1 rings (SSSR count). The van der Waals surface area contributed by atoms with E-state index < -0.39 is 0 Å². The van der Waals surface area contributed by atoms with E-state index in [0.29, 0.717) is 19.5 Å². The fraction of sp³-hybridized carbons (Fsp3) is 0.818. The van der Waals surface area contributed by atoms with E-state index in [1.807, 2.05) is 13.8 Å². The minimum atomic E-state index is -0.347. The van der Waals surface area contributed by atoms with Crippen LogP contribution in [-0.4, -0.2) is 41.9 Å². The van der Waals surface area contributed by atoms with E-state index in [1.165, 1.54) is 0 Å². The highest BCUT2D eigenvalue weighted by Crippen LogP contribution is 2.15. The Morgan fingerprint density at radius 1 is 1.56 bits per heavy atom. The quantitative estimate of drug-likeness (QED) is 0.695. The summed E-state index contributed by atoms with van der Waals surface area (Å²) < 4.78 is 0. The molecule has 0 spiro atoms. The molecule has 2 unspecified atom stereocenters. The topological polar surface area (TPSA) is 75.4 Å². The second-order valence-electron chi connectivity index (χ2n) is 4.75. The van der Waals surface area contributed by atoms with Crippen molar-refractivity contribution in [3.8, 4) is 0 Å². The van der Waals surface area contributed by atoms with Gasteiger partial charge in [-0.05, 0) is 12.8 Å². The number of carbonyl (C=O) groups excluding carboxylic acids is 2. The van der Waals surface area contributed by atoms with Crippen molar-refractivity contribution in [2.24, 2.45) is 11.7 Å². The highest BCUT2D eigenvalue weighted by molar-refractivity contribution is 5.89. The fourth-order valence-electron chi connectivity index (χ4n) is 2.02. The Morgan fingerprint density at radius 3 is 2.69 bits per heavy atom. The Kier molecular flexibility index (Phi) is 4.29. The van der Waals surface area contributed by atoms with Gasteiger partial charge in [0.05, 0.1) is 0 Å². The van der Waals surface area contributed by atoms with E-state index in [4.69, 9.17) is 5.73 Å². The van der Waals surface area contributed by atoms with E-state index in [0.717, 1.165) is 0 Å². The summed E-state index contributed by atoms with van der Waals surface area (Å²) in [5.74, 6) is 0.0418. The molecule has 5 nitrogen and oxygen atoms in total. The predicted octanol–water partition coefficient (Wildman–Crippen LogP) is -0.293. The summed E-state index contributed by atoms with van der Waals surface area (Å²) >= 11 is 0. The van der Waals surface area contributed by atoms with Crippen molar-refractivity contribution in [1.82, 2.24) is 10.2 Å². The lowest BCUT2D eigenvalue weighted by Crippen LogP contribution is -2.59. The lowest BCUT2D eigenvalue weighted by Gasteiger charge is -2.37. The average Bonchev–Trinajstić information content (AvgIpc) is 2.15. The molecule has 0 radical (unpaired) electrons. The van der Waals surface area contributed by atoms with E-state index in [-0.39, 0.29) is 29.8 Å². The van der Waals surface area contributed by atoms with Crippen LogP contribution in [0.15, 0.2) is 0 Å². The molecule has 0 aliphatic carbocycles. The number of amides is 2. The van der Waals surface area contributed by atoms with Crippen molar-refractivity contribution in [1.29, 1.82) is 0 Å². The van der Waals surface area contributed by atoms with Crippen LogP contribution in [0, 0.1) is 5.92 Å². The highest BCUT2D eigenvalue weighted by atomic mass is 16.2. The Morgan fingerprint density at radius 2 is 2.19 bits per heavy atom. The first-order valence-electron chi connectivity index (χ1n) is 5.76. The van der Waals surface area contributed by atoms with Crippen LogP contribution in [0.3, 0.4) is 0 Å². The van der Waals surface area contributed by atoms with E-state index in [1.54, 1.807) is 11.8 Å². The highest BCUT2D eigenvalue weighted by Gasteiger charge is 2.34. The number of nitrogens with two attached hydrogens (primary N) is 1. The molecule has 5 heteroatoms. The van der Waals surface area contributed by atoms with Crippen LogP contribution in [-0.2, 0) is 9.59 Å². The zero-order chi connectivity index (χ0) is 12.3. The van der Waals surface area contributed by atoms with Crippen molar-refractivity contribution < 1.29 is 9.59 Å². The van der Waals surface area contributed by atoms with E-state index in [9.17, 15) is 9.59 Å². The molecular formula is C11H21N3O2. The summed E-state index contributed by atoms with van der Waals surface area (Å²) in [6, 6.07) is -0.509. The lowest BCUT2D eigenvalue weighted by molar-refractivity contribution is -0.145. The van der Waals surface area contributed by atoms with Crippen LogP contribution < -0.4 is 11.1 Å². The first-order chi connectivity index (χ1) is 7.43. The first kappa shape index (κ1) is 13.0. The van der Waals surface area contributed by atoms with Gasteiger partial charge >= 0.3 is 0 Å². The Hall–Kier alpha value is -1.10. The van der Waals surface area contributed by atoms with Crippen LogP contribution in [0.25, 0.3) is 0 Å². The Bertz CT molecular complexity index is 276. The number of piperazine rings is 1. The van der Waals surface area contributed by atoms with Gasteiger partial charge in [0, 0.05) is 25.6 Å². The van der Waals surface area contributed by atoms with Crippen molar-refractivity contribution in [3.05, 3.63) is 0 Å². The zero-order valence-electron chi connectivity index (χ0n) is 10.2. The van der Waals surface area contributed by atoms with E-state index in [2.05, 4.69) is 5.32 Å². The van der Waals surface area contributed by atoms with Gasteiger partial charge < -0.3 is 16.0 Å². The van der Waals surface area contributed by atoms with E-state index >= 15 is 0 Å². The van der Waals surface area contributed by atoms with Gasteiger partial charge in [-0.15, -0.1) is 0 Å². The second-order valence-corrected chi connectivity index (χ2v) is 4.75. The van der Waals surface area contributed by atoms with Gasteiger partial charge in [0.25, 0.3) is 0 Å². The van der Waals surface area contributed by atoms with Gasteiger partial charge in [-0.1, -0.05) is 13.8 Å². The van der Waals surface area contributed by atoms with Crippen LogP contribution in [0.2, 0.25) is 0 Å². The molecule has 1 aliphatic heterocycles. The maximum atomic E-state index is 11.9. The number of hydrogen-bond acceptors (Lipinski definition) is 3. The summed E-state index contributed by atoms with van der Waals surface area (Å²) in [6.07, 6.45) is 0.302. The normalized spacial score (nSPS) is 23.2. The fourth-order valence-corrected chi connectivity index (χ4v) is 2.02. The standard InChI is InChI=1S/C11H21N3O2/c1-7(2)10-11(16)13-4-5-14(10)9(15)6-8(3)12/h7-8,10H,4-6,12H2,1-3H3,(H,13,16). The lowest BCUT2D eigenvalue weighted by atomic mass is 9.99. The van der Waals surface area contributed by atoms with Gasteiger partial charge in [-0.25, -0.2) is 0 Å². The average molecular weight is 227 g/mol. The molecular weight excluding hydrogens is 206 g/mol. The molecule has 3 N–H and O–H groups in total. The number of rotatable bonds is 3. The Labute approximate surface area is 96.4 Å². The third-order valence-electron chi connectivity index (χ3n) is 2.70. The predicted molar refractivity (Wildman–Crippen MR) is 61.6 cm³/mol. The molecule has 1 aliphatic rings. The summed E-state index contributed by atoms with van der Waals surface area (Å²) in [5, 5.41) is 2.79. The molecule has 1 fully saturated rings. The molecule has 0 aromatic carbocycles. The van der Waals surface area contributed by atoms with Crippen LogP contribution in [0.4, 0.5) is 0 Å². The van der Waals surface area contributed by atoms with Gasteiger partial charge in [0.15, 0.2) is 0 Å². The van der Waals surface area contributed by atoms with Gasteiger partial charge in [0.2, 0.25) is 11.8 Å². The SMILES string of the molecule is CC(N)CC(=O)N1CCNC(=O)C1C(C)C. The van der Waals surface area contributed by atoms with Crippen LogP contribution in [0.5, 0.6) is 0 Å². The molecule has 0 aromatic rings. The van der Waals surface area contributed by atoms with Gasteiger partial charge in [0.1, 0.15) is 6.04 Å². The zero-order valence-corrected chi connectivity index (χ0v) is 10.2. The summed E-state index contributed by atoms with van der Waals surface area (Å²) in [6.45, 7) is 6.81. The third-order valence-corrected chi connectivity index (χ3v) is 2.70. The maximum Gasteiger partial charge on any atom is 0.243 e. The number of nitrogens with zero attached hydrogens (tertiary/aromatic N) is 1. The number of nitrogens with one attached hydrogen (secondary N) is 1. The molecule has 1 heterocycles. The number of hydrogen-bond donors (Lipinski definition) is 2. The minimum absolute atomic E-state index is 0.0245. The molecule has 0 aromatic heterocycles. The molecule has 1 saturated heterocycles. The summed E-state index contributed by atoms with van der Waals surface area (Å²) in [4.78, 5) is 25.3. The molecule has 0 bridgehead atoms. The molecule has 0 saturated carbocycles. The van der Waals surface area contributed by atoms with Crippen LogP contribution in [0.1, 0.15) is 27.2 Å². The van der Waals surface area contributed by atoms with Crippen molar-refractivity contribution in [2.45, 2.75) is 39.3 Å². The first-order valence-corrected chi connectivity index (χ1v) is 5.76. The minimum Gasteiger partial charge on any atom is -0.353 e. The number of carbonyl (C=O) groups is 2. The van der Waals surface area contributed by atoms with Crippen LogP contribution >= 0.6 is 0 Å². The second kappa shape index (κ2) is 5.30. The smallest absolute Gasteiger partial charge is 0.243 e. The van der Waals surface area contributed by atoms with Crippen molar-refractivity contribution >= 4 is 11.8 Å². The van der Waals surface area contributed by atoms with Gasteiger partial charge in [-0.2, -0.15) is 0 Å². The molecule has 16 heavy (non-hydrogen) atoms.